The number of aliphatic imine (C=N–C) groups is 1. The quantitative estimate of drug-likeness (QED) is 0.677. The van der Waals surface area contributed by atoms with Crippen LogP contribution in [-0.4, -0.2) is 46.1 Å². The largest absolute Gasteiger partial charge is 0.351 e. The average molecular weight is 469 g/mol. The lowest BCUT2D eigenvalue weighted by molar-refractivity contribution is -0.121. The summed E-state index contributed by atoms with van der Waals surface area (Å²) in [5.74, 6) is -1.09. The number of likely N-dealkylation sites (tertiary alicyclic amines) is 1. The van der Waals surface area contributed by atoms with Crippen molar-refractivity contribution >= 4 is 40.3 Å². The predicted molar refractivity (Wildman–Crippen MR) is 127 cm³/mol. The molecule has 1 saturated heterocycles. The van der Waals surface area contributed by atoms with Crippen molar-refractivity contribution in [2.75, 3.05) is 18.4 Å². The fraction of sp³-hybridized carbons (Fsp3) is 0.333. The summed E-state index contributed by atoms with van der Waals surface area (Å²) in [4.78, 5) is 43.2. The first-order valence-corrected chi connectivity index (χ1v) is 11.7. The Morgan fingerprint density at radius 3 is 2.58 bits per heavy atom. The number of aryl methyl sites for hydroxylation is 1. The van der Waals surface area contributed by atoms with E-state index in [1.54, 1.807) is 43.3 Å². The lowest BCUT2D eigenvalue weighted by atomic mass is 10.1. The number of anilines is 1. The van der Waals surface area contributed by atoms with Crippen molar-refractivity contribution < 1.29 is 18.8 Å². The van der Waals surface area contributed by atoms with Crippen molar-refractivity contribution in [3.63, 3.8) is 0 Å². The van der Waals surface area contributed by atoms with Gasteiger partial charge >= 0.3 is 0 Å². The molecule has 2 aromatic carbocycles. The van der Waals surface area contributed by atoms with Gasteiger partial charge in [-0.1, -0.05) is 23.9 Å². The molecule has 2 aliphatic heterocycles. The molecule has 7 nitrogen and oxygen atoms in total. The molecule has 1 unspecified atom stereocenters. The third-order valence-electron chi connectivity index (χ3n) is 5.58. The van der Waals surface area contributed by atoms with Crippen LogP contribution in [0.1, 0.15) is 40.7 Å². The zero-order valence-corrected chi connectivity index (χ0v) is 19.1. The fourth-order valence-corrected chi connectivity index (χ4v) is 4.86. The normalized spacial score (nSPS) is 17.8. The van der Waals surface area contributed by atoms with Crippen LogP contribution in [0.3, 0.4) is 0 Å². The second kappa shape index (κ2) is 10.2. The molecule has 172 valence electrons. The smallest absolute Gasteiger partial charge is 0.262 e. The average Bonchev–Trinajstić information content (AvgIpc) is 3.45. The van der Waals surface area contributed by atoms with Crippen molar-refractivity contribution in [1.82, 2.24) is 10.2 Å². The van der Waals surface area contributed by atoms with E-state index in [1.165, 1.54) is 17.8 Å². The highest BCUT2D eigenvalue weighted by atomic mass is 32.2. The van der Waals surface area contributed by atoms with Crippen LogP contribution < -0.4 is 10.6 Å². The van der Waals surface area contributed by atoms with Crippen LogP contribution in [0.4, 0.5) is 10.1 Å². The van der Waals surface area contributed by atoms with Gasteiger partial charge in [0.1, 0.15) is 11.1 Å². The highest BCUT2D eigenvalue weighted by Gasteiger charge is 2.33. The Bertz CT molecular complexity index is 1100. The summed E-state index contributed by atoms with van der Waals surface area (Å²) < 4.78 is 13.4. The summed E-state index contributed by atoms with van der Waals surface area (Å²) >= 11 is 1.36. The molecule has 2 aliphatic rings. The summed E-state index contributed by atoms with van der Waals surface area (Å²) in [5, 5.41) is 5.79. The molecule has 0 aliphatic carbocycles. The van der Waals surface area contributed by atoms with Gasteiger partial charge in [0.25, 0.3) is 11.8 Å². The van der Waals surface area contributed by atoms with Crippen molar-refractivity contribution in [3.8, 4) is 0 Å². The highest BCUT2D eigenvalue weighted by Crippen LogP contribution is 2.29. The topological polar surface area (TPSA) is 90.9 Å². The number of rotatable bonds is 6. The molecule has 1 fully saturated rings. The lowest BCUT2D eigenvalue weighted by Gasteiger charge is -2.16. The van der Waals surface area contributed by atoms with Crippen LogP contribution in [0, 0.1) is 12.7 Å². The van der Waals surface area contributed by atoms with Gasteiger partial charge in [0, 0.05) is 37.3 Å². The lowest BCUT2D eigenvalue weighted by Crippen LogP contribution is -2.25. The summed E-state index contributed by atoms with van der Waals surface area (Å²) in [7, 11) is 0. The molecule has 0 aromatic heterocycles. The number of halogens is 1. The maximum atomic E-state index is 13.4. The summed E-state index contributed by atoms with van der Waals surface area (Å²) in [6, 6.07) is 11.2. The van der Waals surface area contributed by atoms with E-state index in [1.807, 2.05) is 0 Å². The fourth-order valence-electron chi connectivity index (χ4n) is 3.74. The van der Waals surface area contributed by atoms with E-state index in [0.29, 0.717) is 16.8 Å². The Hall–Kier alpha value is -3.20. The number of nitrogens with one attached hydrogen (secondary N) is 2. The molecule has 4 rings (SSSR count). The molecule has 0 spiro atoms. The molecule has 0 radical (unpaired) electrons. The molecule has 0 bridgehead atoms. The van der Waals surface area contributed by atoms with Gasteiger partial charge in [-0.05, 0) is 61.2 Å². The minimum Gasteiger partial charge on any atom is -0.351 e. The highest BCUT2D eigenvalue weighted by molar-refractivity contribution is 8.15. The number of benzene rings is 2. The Kier molecular flexibility index (Phi) is 7.08. The van der Waals surface area contributed by atoms with Gasteiger partial charge in [0.2, 0.25) is 5.91 Å². The Balaban J connectivity index is 1.25. The second-order valence-corrected chi connectivity index (χ2v) is 9.30. The van der Waals surface area contributed by atoms with Crippen LogP contribution in [0.5, 0.6) is 0 Å². The molecule has 3 amide bonds. The van der Waals surface area contributed by atoms with Crippen LogP contribution in [0.2, 0.25) is 0 Å². The molecule has 2 heterocycles. The molecule has 1 atom stereocenters. The third kappa shape index (κ3) is 5.78. The first-order valence-electron chi connectivity index (χ1n) is 10.9. The molecule has 2 N–H and O–H groups in total. The van der Waals surface area contributed by atoms with Crippen molar-refractivity contribution in [2.24, 2.45) is 4.99 Å². The minimum absolute atomic E-state index is 0.0453. The molecular formula is C24H25FN4O3S. The van der Waals surface area contributed by atoms with Gasteiger partial charge in [0.05, 0.1) is 0 Å². The maximum Gasteiger partial charge on any atom is 0.262 e. The Morgan fingerprint density at radius 1 is 1.15 bits per heavy atom. The number of carbonyl (C=O) groups excluding carboxylic acids is 3. The maximum absolute atomic E-state index is 13.4. The van der Waals surface area contributed by atoms with Gasteiger partial charge in [-0.25, -0.2) is 4.39 Å². The number of thioether (sulfide) groups is 1. The van der Waals surface area contributed by atoms with E-state index in [9.17, 15) is 18.8 Å². The number of amides is 3. The van der Waals surface area contributed by atoms with E-state index in [2.05, 4.69) is 20.5 Å². The number of carbonyl (C=O) groups is 3. The Morgan fingerprint density at radius 2 is 1.88 bits per heavy atom. The molecule has 9 heteroatoms. The van der Waals surface area contributed by atoms with Crippen molar-refractivity contribution in [1.29, 1.82) is 0 Å². The van der Waals surface area contributed by atoms with E-state index in [-0.39, 0.29) is 36.5 Å². The number of hydrogen-bond acceptors (Lipinski definition) is 5. The predicted octanol–water partition coefficient (Wildman–Crippen LogP) is 3.49. The number of hydrogen-bond donors (Lipinski definition) is 2. The zero-order chi connectivity index (χ0) is 23.4. The van der Waals surface area contributed by atoms with E-state index in [0.717, 1.165) is 36.7 Å². The van der Waals surface area contributed by atoms with Gasteiger partial charge < -0.3 is 15.5 Å². The number of amidine groups is 1. The van der Waals surface area contributed by atoms with E-state index >= 15 is 0 Å². The van der Waals surface area contributed by atoms with Gasteiger partial charge in [-0.3, -0.25) is 14.4 Å². The van der Waals surface area contributed by atoms with Crippen molar-refractivity contribution in [2.45, 2.75) is 38.0 Å². The standard InChI is InChI=1S/C24H25FN4O3S/c1-15-12-16(4-9-19(15)25)14-26-22(31)17-5-7-18(8-6-17)27-21(30)13-20-23(32)28-24(33-20)29-10-2-3-11-29/h4-9,12,20H,2-3,10-11,13-14H2,1H3,(H,26,31)(H,27,30). The molecule has 0 saturated carbocycles. The van der Waals surface area contributed by atoms with Gasteiger partial charge in [0.15, 0.2) is 5.17 Å². The molecule has 2 aromatic rings. The summed E-state index contributed by atoms with van der Waals surface area (Å²) in [6.45, 7) is 3.77. The molecular weight excluding hydrogens is 443 g/mol. The molecule has 33 heavy (non-hydrogen) atoms. The summed E-state index contributed by atoms with van der Waals surface area (Å²) in [6.07, 6.45) is 2.24. The second-order valence-electron chi connectivity index (χ2n) is 8.13. The van der Waals surface area contributed by atoms with Crippen molar-refractivity contribution in [3.05, 3.63) is 65.0 Å². The monoisotopic (exact) mass is 468 g/mol. The SMILES string of the molecule is Cc1cc(CNC(=O)c2ccc(NC(=O)CC3SC(N4CCCC4)=NC3=O)cc2)ccc1F. The van der Waals surface area contributed by atoms with Crippen LogP contribution in [0.25, 0.3) is 0 Å². The van der Waals surface area contributed by atoms with Crippen LogP contribution >= 0.6 is 11.8 Å². The van der Waals surface area contributed by atoms with E-state index in [4.69, 9.17) is 0 Å². The summed E-state index contributed by atoms with van der Waals surface area (Å²) in [5.41, 5.74) is 2.32. The minimum atomic E-state index is -0.499. The first-order chi connectivity index (χ1) is 15.9. The Labute approximate surface area is 195 Å². The van der Waals surface area contributed by atoms with Crippen LogP contribution in [-0.2, 0) is 16.1 Å². The van der Waals surface area contributed by atoms with Crippen LogP contribution in [0.15, 0.2) is 47.5 Å². The number of nitrogens with zero attached hydrogens (tertiary/aromatic N) is 2. The van der Waals surface area contributed by atoms with E-state index < -0.39 is 5.25 Å². The first kappa shape index (κ1) is 23.0. The van der Waals surface area contributed by atoms with Gasteiger partial charge in [-0.2, -0.15) is 4.99 Å². The zero-order valence-electron chi connectivity index (χ0n) is 18.3. The van der Waals surface area contributed by atoms with Gasteiger partial charge in [-0.15, -0.1) is 0 Å². The third-order valence-corrected chi connectivity index (χ3v) is 6.80.